The minimum absolute atomic E-state index is 0.0365. The monoisotopic (exact) mass is 478 g/mol. The lowest BCUT2D eigenvalue weighted by molar-refractivity contribution is -0.122. The molecule has 1 aromatic heterocycles. The van der Waals surface area contributed by atoms with Gasteiger partial charge < -0.3 is 20.1 Å². The number of fused-ring (bicyclic) bond motifs is 1. The third kappa shape index (κ3) is 6.19. The minimum Gasteiger partial charge on any atom is -0.497 e. The van der Waals surface area contributed by atoms with Crippen molar-refractivity contribution in [2.45, 2.75) is 58.2 Å². The minimum atomic E-state index is -0.286. The lowest BCUT2D eigenvalue weighted by Gasteiger charge is -2.23. The van der Waals surface area contributed by atoms with Crippen LogP contribution in [0.25, 0.3) is 22.3 Å². The van der Waals surface area contributed by atoms with E-state index >= 15 is 0 Å². The predicted molar refractivity (Wildman–Crippen MR) is 137 cm³/mol. The molecule has 0 aliphatic carbocycles. The second-order valence-electron chi connectivity index (χ2n) is 9.24. The molecule has 1 fully saturated rings. The Kier molecular flexibility index (Phi) is 8.02. The summed E-state index contributed by atoms with van der Waals surface area (Å²) in [4.78, 5) is 31.0. The van der Waals surface area contributed by atoms with Crippen LogP contribution in [0.1, 0.15) is 39.5 Å². The predicted octanol–water partition coefficient (Wildman–Crippen LogP) is 3.51. The summed E-state index contributed by atoms with van der Waals surface area (Å²) < 4.78 is 12.7. The SMILES string of the molecule is COc1cccc(-c2nc3ccc(OCCC4CCCCN4)cc3c(=O)n2CC(=O)NC(C)C)c1. The summed E-state index contributed by atoms with van der Waals surface area (Å²) in [5.74, 6) is 1.43. The molecule has 35 heavy (non-hydrogen) atoms. The van der Waals surface area contributed by atoms with Gasteiger partial charge in [0.25, 0.3) is 5.56 Å². The number of hydrogen-bond acceptors (Lipinski definition) is 6. The number of aromatic nitrogens is 2. The molecule has 0 saturated carbocycles. The molecule has 8 nitrogen and oxygen atoms in total. The fraction of sp³-hybridized carbons (Fsp3) is 0.444. The van der Waals surface area contributed by atoms with Crippen LogP contribution in [-0.2, 0) is 11.3 Å². The van der Waals surface area contributed by atoms with Crippen molar-refractivity contribution < 1.29 is 14.3 Å². The molecular weight excluding hydrogens is 444 g/mol. The van der Waals surface area contributed by atoms with Crippen LogP contribution in [0.5, 0.6) is 11.5 Å². The number of piperidine rings is 1. The van der Waals surface area contributed by atoms with Gasteiger partial charge in [-0.25, -0.2) is 4.98 Å². The van der Waals surface area contributed by atoms with Crippen LogP contribution >= 0.6 is 0 Å². The van der Waals surface area contributed by atoms with Gasteiger partial charge in [0, 0.05) is 17.6 Å². The van der Waals surface area contributed by atoms with E-state index in [1.807, 2.05) is 38.1 Å². The normalized spacial score (nSPS) is 15.8. The van der Waals surface area contributed by atoms with Crippen molar-refractivity contribution in [1.29, 1.82) is 0 Å². The Bertz CT molecular complexity index is 1230. The number of ether oxygens (including phenoxy) is 2. The Balaban J connectivity index is 1.67. The summed E-state index contributed by atoms with van der Waals surface area (Å²) in [6.45, 7) is 5.27. The van der Waals surface area contributed by atoms with Crippen LogP contribution < -0.4 is 25.7 Å². The second-order valence-corrected chi connectivity index (χ2v) is 9.24. The Hall–Kier alpha value is -3.39. The molecule has 0 radical (unpaired) electrons. The summed E-state index contributed by atoms with van der Waals surface area (Å²) in [6, 6.07) is 13.1. The van der Waals surface area contributed by atoms with Gasteiger partial charge in [-0.3, -0.25) is 14.2 Å². The Morgan fingerprint density at radius 1 is 1.20 bits per heavy atom. The van der Waals surface area contributed by atoms with Crippen molar-refractivity contribution in [3.8, 4) is 22.9 Å². The summed E-state index contributed by atoms with van der Waals surface area (Å²) in [7, 11) is 1.59. The zero-order valence-corrected chi connectivity index (χ0v) is 20.7. The van der Waals surface area contributed by atoms with E-state index in [0.717, 1.165) is 13.0 Å². The highest BCUT2D eigenvalue weighted by molar-refractivity contribution is 5.83. The molecule has 1 atom stereocenters. The van der Waals surface area contributed by atoms with E-state index in [1.54, 1.807) is 25.3 Å². The maximum Gasteiger partial charge on any atom is 0.262 e. The highest BCUT2D eigenvalue weighted by atomic mass is 16.5. The van der Waals surface area contributed by atoms with Gasteiger partial charge in [0.05, 0.1) is 24.6 Å². The molecule has 4 rings (SSSR count). The molecule has 186 valence electrons. The zero-order chi connectivity index (χ0) is 24.8. The number of carbonyl (C=O) groups is 1. The zero-order valence-electron chi connectivity index (χ0n) is 20.7. The Morgan fingerprint density at radius 3 is 2.80 bits per heavy atom. The van der Waals surface area contributed by atoms with Crippen molar-refractivity contribution in [2.75, 3.05) is 20.3 Å². The molecule has 8 heteroatoms. The number of methoxy groups -OCH3 is 1. The Morgan fingerprint density at radius 2 is 2.06 bits per heavy atom. The first-order chi connectivity index (χ1) is 16.9. The first kappa shape index (κ1) is 24.7. The number of carbonyl (C=O) groups excluding carboxylic acids is 1. The van der Waals surface area contributed by atoms with Gasteiger partial charge in [0.1, 0.15) is 23.9 Å². The summed E-state index contributed by atoms with van der Waals surface area (Å²) in [5.41, 5.74) is 0.960. The second kappa shape index (κ2) is 11.4. The largest absolute Gasteiger partial charge is 0.497 e. The van der Waals surface area contributed by atoms with E-state index < -0.39 is 0 Å². The van der Waals surface area contributed by atoms with E-state index in [4.69, 9.17) is 14.5 Å². The highest BCUT2D eigenvalue weighted by Crippen LogP contribution is 2.25. The first-order valence-corrected chi connectivity index (χ1v) is 12.3. The molecule has 2 aromatic carbocycles. The lowest BCUT2D eigenvalue weighted by atomic mass is 10.0. The fourth-order valence-electron chi connectivity index (χ4n) is 4.42. The van der Waals surface area contributed by atoms with Crippen LogP contribution in [0.15, 0.2) is 47.3 Å². The number of hydrogen-bond donors (Lipinski definition) is 2. The van der Waals surface area contributed by atoms with E-state index in [0.29, 0.717) is 46.4 Å². The van der Waals surface area contributed by atoms with E-state index in [1.165, 1.54) is 23.8 Å². The molecule has 2 N–H and O–H groups in total. The fourth-order valence-corrected chi connectivity index (χ4v) is 4.42. The van der Waals surface area contributed by atoms with Gasteiger partial charge in [0.2, 0.25) is 5.91 Å². The summed E-state index contributed by atoms with van der Waals surface area (Å²) >= 11 is 0. The maximum absolute atomic E-state index is 13.6. The average molecular weight is 479 g/mol. The van der Waals surface area contributed by atoms with Gasteiger partial charge in [-0.1, -0.05) is 18.6 Å². The van der Waals surface area contributed by atoms with Crippen LogP contribution in [0.4, 0.5) is 0 Å². The quantitative estimate of drug-likeness (QED) is 0.489. The number of nitrogens with one attached hydrogen (secondary N) is 2. The highest BCUT2D eigenvalue weighted by Gasteiger charge is 2.18. The molecular formula is C27H34N4O4. The molecule has 0 spiro atoms. The lowest BCUT2D eigenvalue weighted by Crippen LogP contribution is -2.37. The van der Waals surface area contributed by atoms with Crippen molar-refractivity contribution in [2.24, 2.45) is 0 Å². The van der Waals surface area contributed by atoms with Crippen LogP contribution in [0.3, 0.4) is 0 Å². The van der Waals surface area contributed by atoms with E-state index in [2.05, 4.69) is 10.6 Å². The first-order valence-electron chi connectivity index (χ1n) is 12.3. The molecule has 1 aliphatic heterocycles. The van der Waals surface area contributed by atoms with E-state index in [9.17, 15) is 9.59 Å². The van der Waals surface area contributed by atoms with Gasteiger partial charge in [-0.05, 0) is 70.0 Å². The van der Waals surface area contributed by atoms with E-state index in [-0.39, 0.29) is 24.1 Å². The van der Waals surface area contributed by atoms with Crippen molar-refractivity contribution in [3.05, 3.63) is 52.8 Å². The van der Waals surface area contributed by atoms with Crippen LogP contribution in [-0.4, -0.2) is 47.8 Å². The number of nitrogens with zero attached hydrogens (tertiary/aromatic N) is 2. The molecule has 1 unspecified atom stereocenters. The number of rotatable bonds is 9. The molecule has 1 saturated heterocycles. The van der Waals surface area contributed by atoms with Crippen LogP contribution in [0, 0.1) is 0 Å². The van der Waals surface area contributed by atoms with Crippen molar-refractivity contribution >= 4 is 16.8 Å². The summed E-state index contributed by atoms with van der Waals surface area (Å²) in [5, 5.41) is 6.80. The molecule has 1 amide bonds. The third-order valence-corrected chi connectivity index (χ3v) is 6.15. The van der Waals surface area contributed by atoms with Gasteiger partial charge in [-0.15, -0.1) is 0 Å². The third-order valence-electron chi connectivity index (χ3n) is 6.15. The molecule has 2 heterocycles. The molecule has 0 bridgehead atoms. The maximum atomic E-state index is 13.6. The van der Waals surface area contributed by atoms with Gasteiger partial charge in [-0.2, -0.15) is 0 Å². The van der Waals surface area contributed by atoms with Crippen LogP contribution in [0.2, 0.25) is 0 Å². The smallest absolute Gasteiger partial charge is 0.262 e. The summed E-state index contributed by atoms with van der Waals surface area (Å²) in [6.07, 6.45) is 4.57. The van der Waals surface area contributed by atoms with Crippen molar-refractivity contribution in [1.82, 2.24) is 20.2 Å². The topological polar surface area (TPSA) is 94.5 Å². The van der Waals surface area contributed by atoms with Gasteiger partial charge in [0.15, 0.2) is 0 Å². The number of benzene rings is 2. The molecule has 1 aliphatic rings. The standard InChI is InChI=1S/C27H34N4O4/c1-18(2)29-25(32)17-31-26(19-7-6-9-21(15-19)34-3)30-24-11-10-22(16-23(24)27(31)33)35-14-12-20-8-4-5-13-28-20/h6-7,9-11,15-16,18,20,28H,4-5,8,12-14,17H2,1-3H3,(H,29,32). The van der Waals surface area contributed by atoms with Gasteiger partial charge >= 0.3 is 0 Å². The average Bonchev–Trinajstić information content (AvgIpc) is 2.86. The van der Waals surface area contributed by atoms with Crippen molar-refractivity contribution in [3.63, 3.8) is 0 Å². The number of amides is 1. The molecule has 3 aromatic rings. The Labute approximate surface area is 205 Å².